The van der Waals surface area contributed by atoms with Crippen molar-refractivity contribution >= 4 is 14.2 Å². The summed E-state index contributed by atoms with van der Waals surface area (Å²) in [6, 6.07) is 0. The Kier molecular flexibility index (Phi) is 4.93. The molecule has 4 nitrogen and oxygen atoms in total. The molecule has 0 aromatic heterocycles. The fraction of sp³-hybridized carbons (Fsp3) is 1.00. The highest BCUT2D eigenvalue weighted by Gasteiger charge is 2.56. The number of hydrogen-bond acceptors (Lipinski definition) is 4. The lowest BCUT2D eigenvalue weighted by Gasteiger charge is -2.32. The van der Waals surface area contributed by atoms with Gasteiger partial charge in [0.1, 0.15) is 0 Å². The van der Waals surface area contributed by atoms with Crippen LogP contribution in [-0.4, -0.2) is 36.6 Å². The van der Waals surface area contributed by atoms with E-state index in [0.29, 0.717) is 11.6 Å². The van der Waals surface area contributed by atoms with Gasteiger partial charge in [0.25, 0.3) is 0 Å². The second-order valence-corrected chi connectivity index (χ2v) is 10.3. The average Bonchev–Trinajstić information content (AvgIpc) is 2.71. The third-order valence-corrected chi connectivity index (χ3v) is 7.37. The van der Waals surface area contributed by atoms with Crippen molar-refractivity contribution in [2.75, 3.05) is 0 Å². The van der Waals surface area contributed by atoms with Crippen molar-refractivity contribution in [3.05, 3.63) is 0 Å². The third-order valence-electron chi connectivity index (χ3n) is 7.37. The van der Waals surface area contributed by atoms with Crippen LogP contribution in [0.4, 0.5) is 0 Å². The van der Waals surface area contributed by atoms with E-state index in [1.807, 2.05) is 0 Å². The SMILES string of the molecule is CC1(C)OB(C2CCCC(B3OC(C)(C)C(C)(C)O3)CC2)OC1(C)C. The predicted molar refractivity (Wildman–Crippen MR) is 103 cm³/mol. The van der Waals surface area contributed by atoms with E-state index in [4.69, 9.17) is 18.6 Å². The van der Waals surface area contributed by atoms with Crippen molar-refractivity contribution < 1.29 is 18.6 Å². The molecule has 2 heterocycles. The zero-order valence-electron chi connectivity index (χ0n) is 17.5. The first-order chi connectivity index (χ1) is 11.3. The van der Waals surface area contributed by atoms with Crippen LogP contribution in [0.15, 0.2) is 0 Å². The Bertz CT molecular complexity index is 428. The molecule has 0 radical (unpaired) electrons. The smallest absolute Gasteiger partial charge is 0.403 e. The molecule has 0 bridgehead atoms. The summed E-state index contributed by atoms with van der Waals surface area (Å²) in [6.45, 7) is 17.1. The molecule has 6 heteroatoms. The van der Waals surface area contributed by atoms with Crippen LogP contribution in [0.25, 0.3) is 0 Å². The first kappa shape index (κ1) is 19.7. The lowest BCUT2D eigenvalue weighted by atomic mass is 9.65. The quantitative estimate of drug-likeness (QED) is 0.526. The van der Waals surface area contributed by atoms with Crippen molar-refractivity contribution in [2.45, 2.75) is 122 Å². The van der Waals surface area contributed by atoms with Crippen molar-refractivity contribution in [1.29, 1.82) is 0 Å². The molecule has 142 valence electrons. The largest absolute Gasteiger partial charge is 0.461 e. The van der Waals surface area contributed by atoms with Gasteiger partial charge in [-0.05, 0) is 67.0 Å². The minimum Gasteiger partial charge on any atom is -0.403 e. The molecule has 0 spiro atoms. The number of hydrogen-bond donors (Lipinski definition) is 0. The van der Waals surface area contributed by atoms with Gasteiger partial charge in [0.05, 0.1) is 22.4 Å². The van der Waals surface area contributed by atoms with E-state index in [9.17, 15) is 0 Å². The summed E-state index contributed by atoms with van der Waals surface area (Å²) in [6.07, 6.45) is 5.74. The molecule has 2 saturated heterocycles. The highest BCUT2D eigenvalue weighted by molar-refractivity contribution is 6.48. The normalized spacial score (nSPS) is 36.5. The lowest BCUT2D eigenvalue weighted by Crippen LogP contribution is -2.41. The van der Waals surface area contributed by atoms with Crippen LogP contribution in [0.3, 0.4) is 0 Å². The predicted octanol–water partition coefficient (Wildman–Crippen LogP) is 4.88. The van der Waals surface area contributed by atoms with Gasteiger partial charge in [-0.2, -0.15) is 0 Å². The van der Waals surface area contributed by atoms with E-state index in [1.54, 1.807) is 0 Å². The van der Waals surface area contributed by atoms with E-state index in [0.717, 1.165) is 25.7 Å². The van der Waals surface area contributed by atoms with E-state index in [2.05, 4.69) is 55.4 Å². The van der Waals surface area contributed by atoms with Gasteiger partial charge in [-0.3, -0.25) is 0 Å². The van der Waals surface area contributed by atoms with Gasteiger partial charge in [0, 0.05) is 0 Å². The third kappa shape index (κ3) is 3.56. The van der Waals surface area contributed by atoms with E-state index in [1.165, 1.54) is 6.42 Å². The zero-order valence-corrected chi connectivity index (χ0v) is 17.5. The van der Waals surface area contributed by atoms with Gasteiger partial charge in [0.15, 0.2) is 0 Å². The Morgan fingerprint density at radius 2 is 0.800 bits per heavy atom. The second kappa shape index (κ2) is 6.25. The zero-order chi connectivity index (χ0) is 18.7. The summed E-state index contributed by atoms with van der Waals surface area (Å²) >= 11 is 0. The Morgan fingerprint density at radius 1 is 0.520 bits per heavy atom. The summed E-state index contributed by atoms with van der Waals surface area (Å²) < 4.78 is 25.2. The van der Waals surface area contributed by atoms with Gasteiger partial charge in [-0.1, -0.05) is 32.1 Å². The van der Waals surface area contributed by atoms with Crippen LogP contribution >= 0.6 is 0 Å². The molecule has 0 aromatic rings. The Morgan fingerprint density at radius 3 is 1.08 bits per heavy atom. The molecule has 1 saturated carbocycles. The summed E-state index contributed by atoms with van der Waals surface area (Å²) in [5, 5.41) is 0. The van der Waals surface area contributed by atoms with E-state index in [-0.39, 0.29) is 36.6 Å². The lowest BCUT2D eigenvalue weighted by molar-refractivity contribution is 0.00578. The maximum atomic E-state index is 6.30. The van der Waals surface area contributed by atoms with Crippen molar-refractivity contribution in [3.8, 4) is 0 Å². The molecule has 1 aliphatic carbocycles. The monoisotopic (exact) mass is 350 g/mol. The van der Waals surface area contributed by atoms with Crippen LogP contribution in [-0.2, 0) is 18.6 Å². The summed E-state index contributed by atoms with van der Waals surface area (Å²) in [5.74, 6) is 0.932. The molecule has 3 fully saturated rings. The average molecular weight is 350 g/mol. The van der Waals surface area contributed by atoms with Crippen LogP contribution in [0.5, 0.6) is 0 Å². The van der Waals surface area contributed by atoms with Gasteiger partial charge in [-0.25, -0.2) is 0 Å². The summed E-state index contributed by atoms with van der Waals surface area (Å²) in [4.78, 5) is 0. The summed E-state index contributed by atoms with van der Waals surface area (Å²) in [5.41, 5.74) is -0.964. The van der Waals surface area contributed by atoms with Crippen molar-refractivity contribution in [2.24, 2.45) is 0 Å². The fourth-order valence-electron chi connectivity index (χ4n) is 4.07. The molecular weight excluding hydrogens is 314 g/mol. The first-order valence-electron chi connectivity index (χ1n) is 10.1. The van der Waals surface area contributed by atoms with Gasteiger partial charge in [0.2, 0.25) is 0 Å². The first-order valence-corrected chi connectivity index (χ1v) is 10.1. The van der Waals surface area contributed by atoms with E-state index >= 15 is 0 Å². The van der Waals surface area contributed by atoms with Crippen LogP contribution in [0.1, 0.15) is 87.5 Å². The molecule has 3 aliphatic rings. The van der Waals surface area contributed by atoms with E-state index < -0.39 is 0 Å². The van der Waals surface area contributed by atoms with Gasteiger partial charge >= 0.3 is 14.2 Å². The van der Waals surface area contributed by atoms with Crippen LogP contribution < -0.4 is 0 Å². The van der Waals surface area contributed by atoms with Crippen LogP contribution in [0, 0.1) is 0 Å². The Labute approximate surface area is 155 Å². The number of rotatable bonds is 2. The highest BCUT2D eigenvalue weighted by Crippen LogP contribution is 2.48. The topological polar surface area (TPSA) is 36.9 Å². The molecule has 2 unspecified atom stereocenters. The minimum atomic E-state index is -0.241. The van der Waals surface area contributed by atoms with Crippen molar-refractivity contribution in [3.63, 3.8) is 0 Å². The molecule has 2 atom stereocenters. The molecular formula is C19H36B2O4. The summed E-state index contributed by atoms with van der Waals surface area (Å²) in [7, 11) is -0.163. The fourth-order valence-corrected chi connectivity index (χ4v) is 4.07. The second-order valence-electron chi connectivity index (χ2n) is 10.3. The standard InChI is InChI=1S/C19H36B2O4/c1-16(2)17(3,4)23-20(22-16)14-10-9-11-15(13-12-14)21-24-18(5,6)19(7,8)25-21/h14-15H,9-13H2,1-8H3. The minimum absolute atomic E-state index is 0.0814. The Balaban J connectivity index is 1.61. The highest BCUT2D eigenvalue weighted by atomic mass is 16.7. The van der Waals surface area contributed by atoms with Crippen LogP contribution in [0.2, 0.25) is 11.6 Å². The molecule has 25 heavy (non-hydrogen) atoms. The maximum Gasteiger partial charge on any atom is 0.461 e. The molecule has 3 rings (SSSR count). The van der Waals surface area contributed by atoms with Gasteiger partial charge < -0.3 is 18.6 Å². The van der Waals surface area contributed by atoms with Gasteiger partial charge in [-0.15, -0.1) is 0 Å². The molecule has 2 aliphatic heterocycles. The molecule has 0 N–H and O–H groups in total. The maximum absolute atomic E-state index is 6.30. The molecule has 0 aromatic carbocycles. The Hall–Kier alpha value is -0.0301. The molecule has 0 amide bonds. The van der Waals surface area contributed by atoms with Crippen molar-refractivity contribution in [1.82, 2.24) is 0 Å².